The SMILES string of the molecule is COCc1cc(/C=C/c2ccccc2OCCCN2CCC(=C(c3ccccc3)c3ccccc3)CC2)on1. The van der Waals surface area contributed by atoms with Crippen LogP contribution in [0.4, 0.5) is 0 Å². The van der Waals surface area contributed by atoms with Gasteiger partial charge < -0.3 is 18.9 Å². The molecule has 0 amide bonds. The molecular weight excluding hydrogens is 484 g/mol. The first-order valence-corrected chi connectivity index (χ1v) is 13.7. The number of rotatable bonds is 11. The van der Waals surface area contributed by atoms with Crippen LogP contribution in [0.1, 0.15) is 47.4 Å². The number of hydrogen-bond acceptors (Lipinski definition) is 5. The summed E-state index contributed by atoms with van der Waals surface area (Å²) in [6, 6.07) is 31.6. The Labute approximate surface area is 231 Å². The molecule has 0 bridgehead atoms. The largest absolute Gasteiger partial charge is 0.493 e. The van der Waals surface area contributed by atoms with Crippen molar-refractivity contribution in [3.05, 3.63) is 125 Å². The summed E-state index contributed by atoms with van der Waals surface area (Å²) in [6.45, 7) is 4.33. The first-order valence-electron chi connectivity index (χ1n) is 13.7. The van der Waals surface area contributed by atoms with Crippen molar-refractivity contribution in [3.8, 4) is 5.75 Å². The van der Waals surface area contributed by atoms with Crippen LogP contribution in [-0.2, 0) is 11.3 Å². The van der Waals surface area contributed by atoms with Crippen molar-refractivity contribution in [2.24, 2.45) is 0 Å². The molecule has 1 aliphatic rings. The van der Waals surface area contributed by atoms with Crippen molar-refractivity contribution in [3.63, 3.8) is 0 Å². The molecule has 1 saturated heterocycles. The molecule has 1 aliphatic heterocycles. The lowest BCUT2D eigenvalue weighted by Gasteiger charge is -2.30. The fraction of sp³-hybridized carbons (Fsp3) is 0.265. The van der Waals surface area contributed by atoms with Crippen molar-refractivity contribution >= 4 is 17.7 Å². The van der Waals surface area contributed by atoms with Gasteiger partial charge in [-0.05, 0) is 54.2 Å². The lowest BCUT2D eigenvalue weighted by atomic mass is 9.88. The second-order valence-corrected chi connectivity index (χ2v) is 9.78. The Morgan fingerprint density at radius 2 is 1.54 bits per heavy atom. The van der Waals surface area contributed by atoms with Crippen molar-refractivity contribution in [1.82, 2.24) is 10.1 Å². The van der Waals surface area contributed by atoms with E-state index in [9.17, 15) is 0 Å². The highest BCUT2D eigenvalue weighted by Crippen LogP contribution is 2.32. The summed E-state index contributed by atoms with van der Waals surface area (Å²) in [5, 5.41) is 4.00. The van der Waals surface area contributed by atoms with Crippen molar-refractivity contribution in [2.75, 3.05) is 33.4 Å². The smallest absolute Gasteiger partial charge is 0.160 e. The Hall–Kier alpha value is -3.93. The zero-order valence-corrected chi connectivity index (χ0v) is 22.6. The molecule has 0 unspecified atom stereocenters. The lowest BCUT2D eigenvalue weighted by molar-refractivity contribution is 0.177. The van der Waals surface area contributed by atoms with Crippen LogP contribution in [0, 0.1) is 0 Å². The Morgan fingerprint density at radius 3 is 2.23 bits per heavy atom. The Kier molecular flexibility index (Phi) is 9.40. The minimum Gasteiger partial charge on any atom is -0.493 e. The molecule has 1 aromatic heterocycles. The van der Waals surface area contributed by atoms with Gasteiger partial charge in [-0.3, -0.25) is 0 Å². The minimum absolute atomic E-state index is 0.437. The van der Waals surface area contributed by atoms with Crippen LogP contribution in [0.25, 0.3) is 17.7 Å². The molecule has 0 saturated carbocycles. The van der Waals surface area contributed by atoms with E-state index < -0.39 is 0 Å². The number of likely N-dealkylation sites (tertiary alicyclic amines) is 1. The molecule has 0 spiro atoms. The van der Waals surface area contributed by atoms with Gasteiger partial charge in [0, 0.05) is 38.4 Å². The molecule has 5 heteroatoms. The monoisotopic (exact) mass is 520 g/mol. The van der Waals surface area contributed by atoms with Gasteiger partial charge in [-0.1, -0.05) is 89.6 Å². The van der Waals surface area contributed by atoms with E-state index in [0.717, 1.165) is 55.9 Å². The molecule has 0 aliphatic carbocycles. The number of ether oxygens (including phenoxy) is 2. The third-order valence-corrected chi connectivity index (χ3v) is 7.03. The van der Waals surface area contributed by atoms with E-state index in [1.54, 1.807) is 12.7 Å². The van der Waals surface area contributed by atoms with Crippen LogP contribution in [0.3, 0.4) is 0 Å². The van der Waals surface area contributed by atoms with Crippen LogP contribution in [-0.4, -0.2) is 43.4 Å². The number of hydrogen-bond donors (Lipinski definition) is 0. The van der Waals surface area contributed by atoms with Crippen LogP contribution in [0.5, 0.6) is 5.75 Å². The summed E-state index contributed by atoms with van der Waals surface area (Å²) in [5.41, 5.74) is 7.38. The van der Waals surface area contributed by atoms with Gasteiger partial charge in [0.25, 0.3) is 0 Å². The summed E-state index contributed by atoms with van der Waals surface area (Å²) in [6.07, 6.45) is 7.10. The molecular formula is C34H36N2O3. The van der Waals surface area contributed by atoms with Gasteiger partial charge in [0.1, 0.15) is 11.4 Å². The van der Waals surface area contributed by atoms with Crippen LogP contribution >= 0.6 is 0 Å². The fourth-order valence-electron chi connectivity index (χ4n) is 5.10. The van der Waals surface area contributed by atoms with Crippen LogP contribution in [0.15, 0.2) is 101 Å². The Bertz CT molecular complexity index is 1320. The molecule has 0 N–H and O–H groups in total. The summed E-state index contributed by atoms with van der Waals surface area (Å²) < 4.78 is 16.6. The molecule has 5 nitrogen and oxygen atoms in total. The number of para-hydroxylation sites is 1. The fourth-order valence-corrected chi connectivity index (χ4v) is 5.10. The molecule has 200 valence electrons. The van der Waals surface area contributed by atoms with E-state index >= 15 is 0 Å². The first kappa shape index (κ1) is 26.7. The predicted molar refractivity (Wildman–Crippen MR) is 157 cm³/mol. The third-order valence-electron chi connectivity index (χ3n) is 7.03. The summed E-state index contributed by atoms with van der Waals surface area (Å²) in [5.74, 6) is 1.57. The highest BCUT2D eigenvalue weighted by Gasteiger charge is 2.18. The highest BCUT2D eigenvalue weighted by molar-refractivity contribution is 5.82. The Morgan fingerprint density at radius 1 is 0.872 bits per heavy atom. The molecule has 4 aromatic rings. The summed E-state index contributed by atoms with van der Waals surface area (Å²) in [7, 11) is 1.64. The molecule has 39 heavy (non-hydrogen) atoms. The average Bonchev–Trinajstić information content (AvgIpc) is 3.44. The maximum Gasteiger partial charge on any atom is 0.160 e. The van der Waals surface area contributed by atoms with Gasteiger partial charge in [-0.15, -0.1) is 0 Å². The Balaban J connectivity index is 1.14. The van der Waals surface area contributed by atoms with E-state index in [0.29, 0.717) is 19.0 Å². The molecule has 3 aromatic carbocycles. The molecule has 0 radical (unpaired) electrons. The van der Waals surface area contributed by atoms with Crippen LogP contribution in [0.2, 0.25) is 0 Å². The van der Waals surface area contributed by atoms with Crippen molar-refractivity contribution in [1.29, 1.82) is 0 Å². The summed E-state index contributed by atoms with van der Waals surface area (Å²) in [4.78, 5) is 2.56. The summed E-state index contributed by atoms with van der Waals surface area (Å²) >= 11 is 0. The van der Waals surface area contributed by atoms with Gasteiger partial charge in [-0.2, -0.15) is 0 Å². The molecule has 2 heterocycles. The number of methoxy groups -OCH3 is 1. The van der Waals surface area contributed by atoms with Gasteiger partial charge in [0.05, 0.1) is 13.2 Å². The molecule has 0 atom stereocenters. The normalized spacial score (nSPS) is 14.1. The number of nitrogens with zero attached hydrogens (tertiary/aromatic N) is 2. The molecule has 5 rings (SSSR count). The topological polar surface area (TPSA) is 47.7 Å². The zero-order valence-electron chi connectivity index (χ0n) is 22.6. The van der Waals surface area contributed by atoms with Gasteiger partial charge >= 0.3 is 0 Å². The van der Waals surface area contributed by atoms with Gasteiger partial charge in [0.15, 0.2) is 5.76 Å². The second-order valence-electron chi connectivity index (χ2n) is 9.78. The van der Waals surface area contributed by atoms with E-state index in [2.05, 4.69) is 70.7 Å². The minimum atomic E-state index is 0.437. The maximum absolute atomic E-state index is 6.18. The second kappa shape index (κ2) is 13.7. The lowest BCUT2D eigenvalue weighted by Crippen LogP contribution is -2.32. The quantitative estimate of drug-likeness (QED) is 0.193. The standard InChI is InChI=1S/C34H36N2O3/c1-37-26-31-25-32(39-35-31)18-17-27-11-8-9-16-33(27)38-24-10-21-36-22-19-30(20-23-36)34(28-12-4-2-5-13-28)29-14-6-3-7-15-29/h2-9,11-18,25H,10,19-24,26H2,1H3/b18-17+. The van der Waals surface area contributed by atoms with Crippen LogP contribution < -0.4 is 4.74 Å². The first-order chi connectivity index (χ1) is 19.3. The number of aromatic nitrogens is 1. The van der Waals surface area contributed by atoms with Crippen molar-refractivity contribution < 1.29 is 14.0 Å². The van der Waals surface area contributed by atoms with E-state index in [1.807, 2.05) is 42.5 Å². The van der Waals surface area contributed by atoms with E-state index in [1.165, 1.54) is 16.7 Å². The maximum atomic E-state index is 6.18. The van der Waals surface area contributed by atoms with Crippen molar-refractivity contribution in [2.45, 2.75) is 25.9 Å². The highest BCUT2D eigenvalue weighted by atomic mass is 16.5. The molecule has 1 fully saturated rings. The van der Waals surface area contributed by atoms with E-state index in [4.69, 9.17) is 14.0 Å². The number of piperidine rings is 1. The number of benzene rings is 3. The van der Waals surface area contributed by atoms with Gasteiger partial charge in [-0.25, -0.2) is 0 Å². The van der Waals surface area contributed by atoms with E-state index in [-0.39, 0.29) is 0 Å². The average molecular weight is 521 g/mol. The predicted octanol–water partition coefficient (Wildman–Crippen LogP) is 7.36. The zero-order chi connectivity index (χ0) is 26.7. The van der Waals surface area contributed by atoms with Gasteiger partial charge in [0.2, 0.25) is 0 Å². The third kappa shape index (κ3) is 7.34.